The van der Waals surface area contributed by atoms with Gasteiger partial charge in [0.15, 0.2) is 0 Å². The molecule has 0 aliphatic carbocycles. The molecule has 0 saturated carbocycles. The minimum atomic E-state index is -1.02. The summed E-state index contributed by atoms with van der Waals surface area (Å²) >= 11 is 0. The molecule has 1 rings (SSSR count). The molecule has 5 heteroatoms. The molecule has 5 nitrogen and oxygen atoms in total. The number of carboxylic acids is 1. The quantitative estimate of drug-likeness (QED) is 0.735. The van der Waals surface area contributed by atoms with Crippen molar-refractivity contribution < 1.29 is 14.7 Å². The molecule has 0 bridgehead atoms. The summed E-state index contributed by atoms with van der Waals surface area (Å²) in [6.07, 6.45) is 0. The normalized spacial score (nSPS) is 11.7. The van der Waals surface area contributed by atoms with Crippen LogP contribution in [0, 0.1) is 6.92 Å². The van der Waals surface area contributed by atoms with Crippen LogP contribution in [0.15, 0.2) is 18.2 Å². The van der Waals surface area contributed by atoms with Crippen molar-refractivity contribution >= 4 is 17.6 Å². The molecule has 1 aromatic carbocycles. The predicted molar refractivity (Wildman–Crippen MR) is 65.3 cm³/mol. The van der Waals surface area contributed by atoms with Crippen LogP contribution in [0.5, 0.6) is 0 Å². The van der Waals surface area contributed by atoms with Gasteiger partial charge in [0.05, 0.1) is 5.56 Å². The smallest absolute Gasteiger partial charge is 0.337 e. The van der Waals surface area contributed by atoms with Gasteiger partial charge >= 0.3 is 5.97 Å². The molecule has 0 heterocycles. The van der Waals surface area contributed by atoms with Crippen molar-refractivity contribution in [1.82, 2.24) is 5.32 Å². The number of hydrogen-bond donors (Lipinski definition) is 3. The first-order chi connectivity index (χ1) is 7.95. The standard InChI is InChI=1S/C12H16N2O3/c1-7-4-5-9(12(16)17)10(6-7)14-8(2)11(15)13-3/h4-6,8,14H,1-3H3,(H,13,15)(H,16,17). The molecule has 92 valence electrons. The van der Waals surface area contributed by atoms with Gasteiger partial charge in [-0.05, 0) is 31.5 Å². The van der Waals surface area contributed by atoms with Crippen molar-refractivity contribution in [1.29, 1.82) is 0 Å². The second kappa shape index (κ2) is 5.34. The fraction of sp³-hybridized carbons (Fsp3) is 0.333. The average molecular weight is 236 g/mol. The third kappa shape index (κ3) is 3.21. The summed E-state index contributed by atoms with van der Waals surface area (Å²) in [5.41, 5.74) is 1.54. The molecule has 1 unspecified atom stereocenters. The van der Waals surface area contributed by atoms with Gasteiger partial charge in [-0.3, -0.25) is 4.79 Å². The van der Waals surface area contributed by atoms with Crippen molar-refractivity contribution in [3.05, 3.63) is 29.3 Å². The lowest BCUT2D eigenvalue weighted by Crippen LogP contribution is -2.35. The van der Waals surface area contributed by atoms with Crippen molar-refractivity contribution in [3.8, 4) is 0 Å². The monoisotopic (exact) mass is 236 g/mol. The van der Waals surface area contributed by atoms with Crippen LogP contribution in [0.3, 0.4) is 0 Å². The number of amides is 1. The summed E-state index contributed by atoms with van der Waals surface area (Å²) in [6, 6.07) is 4.47. The fourth-order valence-electron chi connectivity index (χ4n) is 1.48. The Labute approximate surface area is 99.8 Å². The minimum absolute atomic E-state index is 0.159. The maximum atomic E-state index is 11.4. The Morgan fingerprint density at radius 3 is 2.53 bits per heavy atom. The Kier molecular flexibility index (Phi) is 4.09. The van der Waals surface area contributed by atoms with E-state index in [0.29, 0.717) is 5.69 Å². The summed E-state index contributed by atoms with van der Waals surface area (Å²) in [5, 5.41) is 14.4. The van der Waals surface area contributed by atoms with Gasteiger partial charge in [0.25, 0.3) is 0 Å². The van der Waals surface area contributed by atoms with Gasteiger partial charge in [0.2, 0.25) is 5.91 Å². The van der Waals surface area contributed by atoms with Crippen molar-refractivity contribution in [2.75, 3.05) is 12.4 Å². The number of carbonyl (C=O) groups excluding carboxylic acids is 1. The SMILES string of the molecule is CNC(=O)C(C)Nc1cc(C)ccc1C(=O)O. The highest BCUT2D eigenvalue weighted by Gasteiger charge is 2.15. The van der Waals surface area contributed by atoms with Gasteiger partial charge in [0.1, 0.15) is 6.04 Å². The first-order valence-corrected chi connectivity index (χ1v) is 5.27. The van der Waals surface area contributed by atoms with Crippen LogP contribution < -0.4 is 10.6 Å². The molecule has 0 fully saturated rings. The molecule has 0 spiro atoms. The van der Waals surface area contributed by atoms with E-state index >= 15 is 0 Å². The Balaban J connectivity index is 3.00. The first-order valence-electron chi connectivity index (χ1n) is 5.27. The van der Waals surface area contributed by atoms with Crippen LogP contribution in [0.25, 0.3) is 0 Å². The molecule has 1 amide bonds. The molecule has 1 aromatic rings. The van der Waals surface area contributed by atoms with E-state index < -0.39 is 12.0 Å². The summed E-state index contributed by atoms with van der Waals surface area (Å²) in [4.78, 5) is 22.4. The number of nitrogens with one attached hydrogen (secondary N) is 2. The molecule has 17 heavy (non-hydrogen) atoms. The van der Waals surface area contributed by atoms with Gasteiger partial charge in [-0.25, -0.2) is 4.79 Å². The van der Waals surface area contributed by atoms with Gasteiger partial charge in [-0.15, -0.1) is 0 Å². The molecule has 1 atom stereocenters. The van der Waals surface area contributed by atoms with E-state index in [1.807, 2.05) is 6.92 Å². The number of likely N-dealkylation sites (N-methyl/N-ethyl adjacent to an activating group) is 1. The number of aromatic carboxylic acids is 1. The zero-order valence-corrected chi connectivity index (χ0v) is 10.1. The van der Waals surface area contributed by atoms with Gasteiger partial charge in [-0.2, -0.15) is 0 Å². The van der Waals surface area contributed by atoms with E-state index in [-0.39, 0.29) is 11.5 Å². The second-order valence-corrected chi connectivity index (χ2v) is 3.83. The largest absolute Gasteiger partial charge is 0.478 e. The Bertz CT molecular complexity index is 443. The number of carboxylic acid groups (broad SMARTS) is 1. The topological polar surface area (TPSA) is 78.4 Å². The van der Waals surface area contributed by atoms with Crippen LogP contribution >= 0.6 is 0 Å². The number of anilines is 1. The number of carbonyl (C=O) groups is 2. The second-order valence-electron chi connectivity index (χ2n) is 3.83. The van der Waals surface area contributed by atoms with Gasteiger partial charge in [0, 0.05) is 12.7 Å². The van der Waals surface area contributed by atoms with E-state index in [2.05, 4.69) is 10.6 Å². The van der Waals surface area contributed by atoms with E-state index in [1.165, 1.54) is 13.1 Å². The third-order valence-corrected chi connectivity index (χ3v) is 2.42. The molecule has 0 saturated heterocycles. The average Bonchev–Trinajstić information content (AvgIpc) is 2.27. The molecule has 0 aliphatic heterocycles. The highest BCUT2D eigenvalue weighted by molar-refractivity contribution is 5.95. The Morgan fingerprint density at radius 1 is 1.35 bits per heavy atom. The summed E-state index contributed by atoms with van der Waals surface area (Å²) in [7, 11) is 1.54. The lowest BCUT2D eigenvalue weighted by Gasteiger charge is -2.16. The number of benzene rings is 1. The van der Waals surface area contributed by atoms with Crippen LogP contribution in [-0.2, 0) is 4.79 Å². The fourth-order valence-corrected chi connectivity index (χ4v) is 1.48. The van der Waals surface area contributed by atoms with E-state index in [1.54, 1.807) is 19.1 Å². The van der Waals surface area contributed by atoms with Gasteiger partial charge < -0.3 is 15.7 Å². The lowest BCUT2D eigenvalue weighted by atomic mass is 10.1. The Hall–Kier alpha value is -2.04. The summed E-state index contributed by atoms with van der Waals surface area (Å²) < 4.78 is 0. The van der Waals surface area contributed by atoms with E-state index in [0.717, 1.165) is 5.56 Å². The number of rotatable bonds is 4. The Morgan fingerprint density at radius 2 is 2.00 bits per heavy atom. The zero-order valence-electron chi connectivity index (χ0n) is 10.1. The van der Waals surface area contributed by atoms with E-state index in [4.69, 9.17) is 5.11 Å². The molecule has 3 N–H and O–H groups in total. The molecule has 0 aliphatic rings. The molecule has 0 radical (unpaired) electrons. The van der Waals surface area contributed by atoms with Crippen molar-refractivity contribution in [2.45, 2.75) is 19.9 Å². The summed E-state index contributed by atoms with van der Waals surface area (Å²) in [5.74, 6) is -1.21. The summed E-state index contributed by atoms with van der Waals surface area (Å²) in [6.45, 7) is 3.54. The highest BCUT2D eigenvalue weighted by atomic mass is 16.4. The van der Waals surface area contributed by atoms with Crippen LogP contribution in [0.2, 0.25) is 0 Å². The third-order valence-electron chi connectivity index (χ3n) is 2.42. The molecular weight excluding hydrogens is 220 g/mol. The van der Waals surface area contributed by atoms with Crippen LogP contribution in [0.4, 0.5) is 5.69 Å². The predicted octanol–water partition coefficient (Wildman–Crippen LogP) is 1.24. The maximum absolute atomic E-state index is 11.4. The molecular formula is C12H16N2O3. The number of aryl methyl sites for hydroxylation is 1. The number of hydrogen-bond acceptors (Lipinski definition) is 3. The zero-order chi connectivity index (χ0) is 13.0. The molecule has 0 aromatic heterocycles. The first kappa shape index (κ1) is 13.0. The van der Waals surface area contributed by atoms with Crippen LogP contribution in [-0.4, -0.2) is 30.1 Å². The van der Waals surface area contributed by atoms with Crippen molar-refractivity contribution in [2.24, 2.45) is 0 Å². The van der Waals surface area contributed by atoms with Gasteiger partial charge in [-0.1, -0.05) is 6.07 Å². The minimum Gasteiger partial charge on any atom is -0.478 e. The lowest BCUT2D eigenvalue weighted by molar-refractivity contribution is -0.121. The highest BCUT2D eigenvalue weighted by Crippen LogP contribution is 2.18. The van der Waals surface area contributed by atoms with Crippen LogP contribution in [0.1, 0.15) is 22.8 Å². The van der Waals surface area contributed by atoms with Crippen molar-refractivity contribution in [3.63, 3.8) is 0 Å². The van der Waals surface area contributed by atoms with E-state index in [9.17, 15) is 9.59 Å². The maximum Gasteiger partial charge on any atom is 0.337 e.